The minimum Gasteiger partial charge on any atom is -0.508 e. The van der Waals surface area contributed by atoms with E-state index >= 15 is 0 Å². The number of ether oxygens (including phenoxy) is 1. The second-order valence-corrected chi connectivity index (χ2v) is 10.4. The number of benzene rings is 1. The number of phenolic OH excluding ortho intramolecular Hbond substituents is 1. The molecule has 0 spiro atoms. The van der Waals surface area contributed by atoms with Gasteiger partial charge in [-0.25, -0.2) is 4.79 Å². The number of amides is 3. The lowest BCUT2D eigenvalue weighted by Crippen LogP contribution is -2.46. The number of primary amides is 1. The number of nitrogens with one attached hydrogen (secondary N) is 1. The highest BCUT2D eigenvalue weighted by Gasteiger charge is 2.56. The number of nitrogens with two attached hydrogens (primary N) is 1. The van der Waals surface area contributed by atoms with Gasteiger partial charge in [-0.1, -0.05) is 19.4 Å². The number of aromatic hydroxyl groups is 1. The van der Waals surface area contributed by atoms with Crippen LogP contribution in [-0.2, 0) is 20.7 Å². The highest BCUT2D eigenvalue weighted by molar-refractivity contribution is 5.91. The molecule has 180 valence electrons. The molecule has 0 heterocycles. The maximum atomic E-state index is 12.4. The molecule has 0 radical (unpaired) electrons. The van der Waals surface area contributed by atoms with Crippen molar-refractivity contribution in [3.05, 3.63) is 29.3 Å². The van der Waals surface area contributed by atoms with Crippen molar-refractivity contribution in [1.29, 1.82) is 0 Å². The number of phenols is 1. The van der Waals surface area contributed by atoms with E-state index < -0.39 is 6.09 Å². The molecule has 1 aromatic carbocycles. The zero-order chi connectivity index (χ0) is 23.6. The van der Waals surface area contributed by atoms with Crippen molar-refractivity contribution in [3.63, 3.8) is 0 Å². The first-order valence-electron chi connectivity index (χ1n) is 12.4. The molecule has 3 aliphatic rings. The molecule has 3 amide bonds. The number of rotatable bonds is 7. The van der Waals surface area contributed by atoms with Crippen LogP contribution in [0.3, 0.4) is 0 Å². The van der Waals surface area contributed by atoms with Crippen molar-refractivity contribution in [3.8, 4) is 5.75 Å². The molecule has 5 atom stereocenters. The molecule has 4 rings (SSSR count). The van der Waals surface area contributed by atoms with Gasteiger partial charge in [0, 0.05) is 18.3 Å². The Labute approximate surface area is 195 Å². The Morgan fingerprint density at radius 3 is 2.70 bits per heavy atom. The third kappa shape index (κ3) is 5.02. The average molecular weight is 457 g/mol. The normalized spacial score (nSPS) is 30.0. The van der Waals surface area contributed by atoms with Gasteiger partial charge in [-0.15, -0.1) is 0 Å². The van der Waals surface area contributed by atoms with Crippen LogP contribution >= 0.6 is 0 Å². The lowest BCUT2D eigenvalue weighted by molar-refractivity contribution is -0.121. The monoisotopic (exact) mass is 456 g/mol. The van der Waals surface area contributed by atoms with Crippen LogP contribution in [0.5, 0.6) is 5.75 Å². The van der Waals surface area contributed by atoms with Crippen LogP contribution in [0.25, 0.3) is 0 Å². The summed E-state index contributed by atoms with van der Waals surface area (Å²) in [5, 5.41) is 12.2. The summed E-state index contributed by atoms with van der Waals surface area (Å²) < 4.78 is 5.81. The van der Waals surface area contributed by atoms with Gasteiger partial charge in [-0.2, -0.15) is 0 Å². The predicted octanol–water partition coefficient (Wildman–Crippen LogP) is 4.31. The van der Waals surface area contributed by atoms with Crippen molar-refractivity contribution >= 4 is 17.9 Å². The molecule has 0 bridgehead atoms. The van der Waals surface area contributed by atoms with E-state index in [1.165, 1.54) is 11.1 Å². The Balaban J connectivity index is 1.30. The Morgan fingerprint density at radius 2 is 1.91 bits per heavy atom. The summed E-state index contributed by atoms with van der Waals surface area (Å²) in [4.78, 5) is 35.3. The fourth-order valence-corrected chi connectivity index (χ4v) is 6.81. The van der Waals surface area contributed by atoms with Crippen molar-refractivity contribution in [2.45, 2.75) is 89.6 Å². The third-order valence-electron chi connectivity index (χ3n) is 8.44. The zero-order valence-electron chi connectivity index (χ0n) is 19.5. The number of aryl methyl sites for hydroxylation is 1. The highest BCUT2D eigenvalue weighted by atomic mass is 16.6. The number of imide groups is 1. The summed E-state index contributed by atoms with van der Waals surface area (Å²) in [5.41, 5.74) is 7.70. The summed E-state index contributed by atoms with van der Waals surface area (Å²) >= 11 is 0. The van der Waals surface area contributed by atoms with E-state index in [4.69, 9.17) is 10.5 Å². The molecule has 7 heteroatoms. The molecule has 0 aromatic heterocycles. The van der Waals surface area contributed by atoms with Crippen LogP contribution in [0.2, 0.25) is 0 Å². The van der Waals surface area contributed by atoms with Crippen molar-refractivity contribution in [2.75, 3.05) is 0 Å². The van der Waals surface area contributed by atoms with Gasteiger partial charge in [0.15, 0.2) is 0 Å². The Hall–Kier alpha value is -2.57. The standard InChI is InChI=1S/C26H36N2O5/c1-26-14-13-19-18-10-8-17(29)15-16(18)7-9-20(19)21(26)11-12-22(26)33-25(32)28-24(31)6-4-2-3-5-23(27)30/h8,10,15,19-22,29H,2-7,9,11-14H2,1H3,(H2,27,30)(H,28,31,32)/t19?,20?,21?,22-,26-/m0/s1. The molecule has 4 N–H and O–H groups in total. The first-order valence-corrected chi connectivity index (χ1v) is 12.4. The maximum Gasteiger partial charge on any atom is 0.414 e. The molecular weight excluding hydrogens is 420 g/mol. The van der Waals surface area contributed by atoms with Crippen LogP contribution in [-0.4, -0.2) is 29.1 Å². The number of unbranched alkanes of at least 4 members (excludes halogenated alkanes) is 2. The molecule has 33 heavy (non-hydrogen) atoms. The molecule has 3 aliphatic carbocycles. The number of carbonyl (C=O) groups is 3. The Bertz CT molecular complexity index is 916. The Kier molecular flexibility index (Phi) is 6.96. The van der Waals surface area contributed by atoms with E-state index in [-0.39, 0.29) is 29.8 Å². The van der Waals surface area contributed by atoms with Gasteiger partial charge in [0.05, 0.1) is 0 Å². The average Bonchev–Trinajstić information content (AvgIpc) is 3.08. The van der Waals surface area contributed by atoms with Gasteiger partial charge in [0.25, 0.3) is 0 Å². The van der Waals surface area contributed by atoms with E-state index in [1.54, 1.807) is 6.07 Å². The molecule has 2 fully saturated rings. The summed E-state index contributed by atoms with van der Waals surface area (Å²) in [6.45, 7) is 2.26. The maximum absolute atomic E-state index is 12.4. The van der Waals surface area contributed by atoms with E-state index in [0.717, 1.165) is 44.9 Å². The second kappa shape index (κ2) is 9.74. The fourth-order valence-electron chi connectivity index (χ4n) is 6.81. The summed E-state index contributed by atoms with van der Waals surface area (Å²) in [6, 6.07) is 5.81. The van der Waals surface area contributed by atoms with E-state index in [1.807, 2.05) is 6.07 Å². The number of alkyl carbamates (subject to hydrolysis) is 1. The van der Waals surface area contributed by atoms with Gasteiger partial charge in [-0.3, -0.25) is 14.9 Å². The van der Waals surface area contributed by atoms with Gasteiger partial charge in [0.2, 0.25) is 11.8 Å². The molecule has 2 saturated carbocycles. The van der Waals surface area contributed by atoms with Gasteiger partial charge in [-0.05, 0) is 92.4 Å². The summed E-state index contributed by atoms with van der Waals surface area (Å²) in [5.74, 6) is 1.24. The minimum atomic E-state index is -0.643. The van der Waals surface area contributed by atoms with Crippen molar-refractivity contribution < 1.29 is 24.2 Å². The van der Waals surface area contributed by atoms with Crippen molar-refractivity contribution in [2.24, 2.45) is 23.0 Å². The number of hydrogen-bond donors (Lipinski definition) is 3. The zero-order valence-corrected chi connectivity index (χ0v) is 19.5. The van der Waals surface area contributed by atoms with Crippen LogP contribution < -0.4 is 11.1 Å². The third-order valence-corrected chi connectivity index (χ3v) is 8.44. The first-order chi connectivity index (χ1) is 15.8. The second-order valence-electron chi connectivity index (χ2n) is 10.4. The number of fused-ring (bicyclic) bond motifs is 5. The lowest BCUT2D eigenvalue weighted by atomic mass is 9.55. The molecule has 0 aliphatic heterocycles. The van der Waals surface area contributed by atoms with Crippen LogP contribution in [0.4, 0.5) is 4.79 Å². The topological polar surface area (TPSA) is 119 Å². The van der Waals surface area contributed by atoms with Gasteiger partial charge >= 0.3 is 6.09 Å². The van der Waals surface area contributed by atoms with E-state index in [2.05, 4.69) is 18.3 Å². The largest absolute Gasteiger partial charge is 0.508 e. The quantitative estimate of drug-likeness (QED) is 0.529. The number of hydrogen-bond acceptors (Lipinski definition) is 5. The van der Waals surface area contributed by atoms with Crippen LogP contribution in [0.1, 0.15) is 88.2 Å². The lowest BCUT2D eigenvalue weighted by Gasteiger charge is -2.50. The predicted molar refractivity (Wildman–Crippen MR) is 123 cm³/mol. The van der Waals surface area contributed by atoms with E-state index in [0.29, 0.717) is 42.8 Å². The molecule has 1 aromatic rings. The van der Waals surface area contributed by atoms with Crippen molar-refractivity contribution in [1.82, 2.24) is 5.32 Å². The number of carbonyl (C=O) groups excluding carboxylic acids is 3. The fraction of sp³-hybridized carbons (Fsp3) is 0.654. The smallest absolute Gasteiger partial charge is 0.414 e. The SMILES string of the molecule is C[C@]12CCC3c4ccc(O)cc4CCC3C1CC[C@@H]2OC(=O)NC(=O)CCCCCC(N)=O. The molecule has 7 nitrogen and oxygen atoms in total. The molecular formula is C26H36N2O5. The highest BCUT2D eigenvalue weighted by Crippen LogP contribution is 2.61. The summed E-state index contributed by atoms with van der Waals surface area (Å²) in [6.07, 6.45) is 7.73. The van der Waals surface area contributed by atoms with Gasteiger partial charge in [0.1, 0.15) is 11.9 Å². The van der Waals surface area contributed by atoms with E-state index in [9.17, 15) is 19.5 Å². The molecule has 0 saturated heterocycles. The van der Waals surface area contributed by atoms with Crippen LogP contribution in [0, 0.1) is 17.3 Å². The first kappa shape index (κ1) is 23.6. The Morgan fingerprint density at radius 1 is 1.12 bits per heavy atom. The molecule has 3 unspecified atom stereocenters. The minimum absolute atomic E-state index is 0.0647. The summed E-state index contributed by atoms with van der Waals surface area (Å²) in [7, 11) is 0. The van der Waals surface area contributed by atoms with Crippen LogP contribution in [0.15, 0.2) is 18.2 Å². The van der Waals surface area contributed by atoms with Gasteiger partial charge < -0.3 is 15.6 Å².